The topological polar surface area (TPSA) is 3.24 Å². The van der Waals surface area contributed by atoms with Crippen molar-refractivity contribution in [3.05, 3.63) is 23.4 Å². The second-order valence-electron chi connectivity index (χ2n) is 3.59. The Morgan fingerprint density at radius 1 is 1.33 bits per heavy atom. The molecule has 0 saturated heterocycles. The monoisotopic (exact) mass is 165 g/mol. The van der Waals surface area contributed by atoms with E-state index in [1.54, 1.807) is 0 Å². The summed E-state index contributed by atoms with van der Waals surface area (Å²) in [6.07, 6.45) is 8.19. The summed E-state index contributed by atoms with van der Waals surface area (Å²) in [5.41, 5.74) is 2.99. The van der Waals surface area contributed by atoms with Crippen LogP contribution in [0.15, 0.2) is 23.4 Å². The molecule has 1 nitrogen and oxygen atoms in total. The Morgan fingerprint density at radius 3 is 2.58 bits per heavy atom. The third-order valence-electron chi connectivity index (χ3n) is 2.39. The number of allylic oxidation sites excluding steroid dienone is 4. The van der Waals surface area contributed by atoms with Gasteiger partial charge in [-0.05, 0) is 32.3 Å². The van der Waals surface area contributed by atoms with Crippen LogP contribution < -0.4 is 0 Å². The fourth-order valence-corrected chi connectivity index (χ4v) is 1.53. The standard InChI is InChI=1S/C11H19N/c1-4-9-12(3)11-7-5-10(2)6-8-11/h5,7H,4,6,8-9H2,1-3H3. The van der Waals surface area contributed by atoms with E-state index in [-0.39, 0.29) is 0 Å². The van der Waals surface area contributed by atoms with E-state index < -0.39 is 0 Å². The maximum atomic E-state index is 2.36. The lowest BCUT2D eigenvalue weighted by Crippen LogP contribution is -2.19. The highest BCUT2D eigenvalue weighted by Gasteiger charge is 2.06. The van der Waals surface area contributed by atoms with Crippen molar-refractivity contribution in [2.45, 2.75) is 33.1 Å². The minimum Gasteiger partial charge on any atom is -0.378 e. The zero-order chi connectivity index (χ0) is 8.97. The van der Waals surface area contributed by atoms with Crippen LogP contribution in [0, 0.1) is 0 Å². The van der Waals surface area contributed by atoms with Crippen LogP contribution in [0.4, 0.5) is 0 Å². The molecule has 12 heavy (non-hydrogen) atoms. The first-order chi connectivity index (χ1) is 5.74. The van der Waals surface area contributed by atoms with E-state index in [0.29, 0.717) is 0 Å². The van der Waals surface area contributed by atoms with Crippen molar-refractivity contribution < 1.29 is 0 Å². The molecule has 0 unspecified atom stereocenters. The Labute approximate surface area is 75.8 Å². The summed E-state index contributed by atoms with van der Waals surface area (Å²) in [6, 6.07) is 0. The van der Waals surface area contributed by atoms with Crippen LogP contribution in [0.2, 0.25) is 0 Å². The lowest BCUT2D eigenvalue weighted by atomic mass is 10.0. The van der Waals surface area contributed by atoms with Crippen molar-refractivity contribution in [1.82, 2.24) is 4.90 Å². The van der Waals surface area contributed by atoms with E-state index >= 15 is 0 Å². The maximum Gasteiger partial charge on any atom is 0.0169 e. The molecule has 0 aromatic carbocycles. The molecule has 0 atom stereocenters. The first-order valence-electron chi connectivity index (χ1n) is 4.81. The fourth-order valence-electron chi connectivity index (χ4n) is 1.53. The minimum absolute atomic E-state index is 1.18. The van der Waals surface area contributed by atoms with E-state index in [2.05, 4.69) is 37.9 Å². The van der Waals surface area contributed by atoms with Crippen LogP contribution in [0.1, 0.15) is 33.1 Å². The third-order valence-corrected chi connectivity index (χ3v) is 2.39. The Bertz CT molecular complexity index is 201. The molecule has 0 saturated carbocycles. The Hall–Kier alpha value is -0.720. The summed E-state index contributed by atoms with van der Waals surface area (Å²) in [7, 11) is 2.18. The van der Waals surface area contributed by atoms with E-state index in [0.717, 1.165) is 0 Å². The summed E-state index contributed by atoms with van der Waals surface area (Å²) in [4.78, 5) is 2.36. The fraction of sp³-hybridized carbons (Fsp3) is 0.636. The first-order valence-corrected chi connectivity index (χ1v) is 4.81. The van der Waals surface area contributed by atoms with Gasteiger partial charge in [-0.25, -0.2) is 0 Å². The molecule has 68 valence electrons. The molecule has 0 aliphatic heterocycles. The number of hydrogen-bond acceptors (Lipinski definition) is 1. The summed E-state index contributed by atoms with van der Waals surface area (Å²) >= 11 is 0. The molecule has 1 heteroatoms. The van der Waals surface area contributed by atoms with Gasteiger partial charge >= 0.3 is 0 Å². The zero-order valence-electron chi connectivity index (χ0n) is 8.43. The predicted molar refractivity (Wildman–Crippen MR) is 54.0 cm³/mol. The molecule has 1 aliphatic carbocycles. The molecule has 1 aliphatic rings. The van der Waals surface area contributed by atoms with Crippen LogP contribution in [0.5, 0.6) is 0 Å². The third kappa shape index (κ3) is 2.40. The van der Waals surface area contributed by atoms with E-state index in [1.807, 2.05) is 0 Å². The lowest BCUT2D eigenvalue weighted by Gasteiger charge is -2.24. The smallest absolute Gasteiger partial charge is 0.0169 e. The summed E-state index contributed by atoms with van der Waals surface area (Å²) in [5.74, 6) is 0. The molecule has 1 rings (SSSR count). The van der Waals surface area contributed by atoms with Crippen LogP contribution in [-0.2, 0) is 0 Å². The quantitative estimate of drug-likeness (QED) is 0.621. The largest absolute Gasteiger partial charge is 0.378 e. The van der Waals surface area contributed by atoms with Gasteiger partial charge in [0.1, 0.15) is 0 Å². The average Bonchev–Trinajstić information content (AvgIpc) is 2.06. The molecule has 0 aromatic rings. The van der Waals surface area contributed by atoms with Crippen molar-refractivity contribution in [1.29, 1.82) is 0 Å². The molecule has 0 radical (unpaired) electrons. The van der Waals surface area contributed by atoms with E-state index in [9.17, 15) is 0 Å². The molecule has 0 heterocycles. The van der Waals surface area contributed by atoms with E-state index in [4.69, 9.17) is 0 Å². The Balaban J connectivity index is 2.52. The van der Waals surface area contributed by atoms with Gasteiger partial charge in [-0.2, -0.15) is 0 Å². The van der Waals surface area contributed by atoms with Gasteiger partial charge in [-0.3, -0.25) is 0 Å². The molecule has 0 bridgehead atoms. The molecular weight excluding hydrogens is 146 g/mol. The van der Waals surface area contributed by atoms with Crippen molar-refractivity contribution >= 4 is 0 Å². The summed E-state index contributed by atoms with van der Waals surface area (Å²) in [6.45, 7) is 5.60. The number of nitrogens with zero attached hydrogens (tertiary/aromatic N) is 1. The van der Waals surface area contributed by atoms with Gasteiger partial charge in [-0.1, -0.05) is 18.6 Å². The van der Waals surface area contributed by atoms with E-state index in [1.165, 1.54) is 37.1 Å². The van der Waals surface area contributed by atoms with Crippen LogP contribution in [0.3, 0.4) is 0 Å². The first kappa shape index (κ1) is 9.37. The Morgan fingerprint density at radius 2 is 2.08 bits per heavy atom. The maximum absolute atomic E-state index is 2.36. The SMILES string of the molecule is CCCN(C)C1=CC=C(C)CC1. The van der Waals surface area contributed by atoms with Gasteiger partial charge < -0.3 is 4.90 Å². The van der Waals surface area contributed by atoms with Gasteiger partial charge in [0.2, 0.25) is 0 Å². The molecule has 0 N–H and O–H groups in total. The van der Waals surface area contributed by atoms with Gasteiger partial charge in [-0.15, -0.1) is 0 Å². The number of rotatable bonds is 3. The normalized spacial score (nSPS) is 16.9. The minimum atomic E-state index is 1.18. The van der Waals surface area contributed by atoms with Crippen molar-refractivity contribution in [2.75, 3.05) is 13.6 Å². The van der Waals surface area contributed by atoms with Gasteiger partial charge in [0.15, 0.2) is 0 Å². The van der Waals surface area contributed by atoms with Gasteiger partial charge in [0.05, 0.1) is 0 Å². The van der Waals surface area contributed by atoms with Crippen molar-refractivity contribution in [3.8, 4) is 0 Å². The molecule has 0 aromatic heterocycles. The average molecular weight is 165 g/mol. The van der Waals surface area contributed by atoms with Gasteiger partial charge in [0.25, 0.3) is 0 Å². The predicted octanol–water partition coefficient (Wildman–Crippen LogP) is 2.95. The van der Waals surface area contributed by atoms with Crippen LogP contribution in [0.25, 0.3) is 0 Å². The summed E-state index contributed by atoms with van der Waals surface area (Å²) in [5, 5.41) is 0. The highest BCUT2D eigenvalue weighted by molar-refractivity contribution is 5.21. The van der Waals surface area contributed by atoms with Crippen molar-refractivity contribution in [3.63, 3.8) is 0 Å². The Kier molecular flexibility index (Phi) is 3.39. The molecule has 0 spiro atoms. The van der Waals surface area contributed by atoms with Gasteiger partial charge in [0, 0.05) is 19.3 Å². The highest BCUT2D eigenvalue weighted by Crippen LogP contribution is 2.19. The highest BCUT2D eigenvalue weighted by atomic mass is 15.1. The molecule has 0 fully saturated rings. The summed E-state index contributed by atoms with van der Waals surface area (Å²) < 4.78 is 0. The lowest BCUT2D eigenvalue weighted by molar-refractivity contribution is 0.398. The van der Waals surface area contributed by atoms with Crippen LogP contribution in [-0.4, -0.2) is 18.5 Å². The van der Waals surface area contributed by atoms with Crippen molar-refractivity contribution in [2.24, 2.45) is 0 Å². The number of hydrogen-bond donors (Lipinski definition) is 0. The second kappa shape index (κ2) is 4.34. The second-order valence-corrected chi connectivity index (χ2v) is 3.59. The zero-order valence-corrected chi connectivity index (χ0v) is 8.43. The molecule has 0 amide bonds. The van der Waals surface area contributed by atoms with Crippen LogP contribution >= 0.6 is 0 Å². The molecular formula is C11H19N.